The van der Waals surface area contributed by atoms with Crippen LogP contribution in [0.15, 0.2) is 30.3 Å². The van der Waals surface area contributed by atoms with E-state index in [0.717, 1.165) is 37.0 Å². The number of nitrogens with zero attached hydrogens (tertiary/aromatic N) is 1. The van der Waals surface area contributed by atoms with Gasteiger partial charge in [-0.05, 0) is 45.1 Å². The summed E-state index contributed by atoms with van der Waals surface area (Å²) < 4.78 is 5.41. The molecule has 22 heavy (non-hydrogen) atoms. The first-order chi connectivity index (χ1) is 10.3. The first-order valence-corrected chi connectivity index (χ1v) is 7.85. The third-order valence-corrected chi connectivity index (χ3v) is 3.69. The minimum atomic E-state index is -0.428. The van der Waals surface area contributed by atoms with Crippen LogP contribution in [0.3, 0.4) is 0 Å². The fourth-order valence-corrected chi connectivity index (χ4v) is 2.46. The topological polar surface area (TPSA) is 29.5 Å². The van der Waals surface area contributed by atoms with E-state index >= 15 is 0 Å². The zero-order chi connectivity index (χ0) is 16.2. The van der Waals surface area contributed by atoms with Crippen molar-refractivity contribution in [2.45, 2.75) is 39.2 Å². The molecular formula is C18H24BNO2. The average molecular weight is 297 g/mol. The van der Waals surface area contributed by atoms with Gasteiger partial charge in [0.25, 0.3) is 0 Å². The van der Waals surface area contributed by atoms with Crippen LogP contribution >= 0.6 is 0 Å². The van der Waals surface area contributed by atoms with Gasteiger partial charge in [0.1, 0.15) is 13.4 Å². The third kappa shape index (κ3) is 5.25. The number of ether oxygens (including phenoxy) is 1. The van der Waals surface area contributed by atoms with Gasteiger partial charge in [0.05, 0.1) is 0 Å². The molecule has 1 fully saturated rings. The van der Waals surface area contributed by atoms with E-state index in [0.29, 0.717) is 5.92 Å². The molecule has 116 valence electrons. The molecule has 0 spiro atoms. The normalized spacial score (nSPS) is 17.0. The van der Waals surface area contributed by atoms with Crippen molar-refractivity contribution in [3.63, 3.8) is 0 Å². The van der Waals surface area contributed by atoms with E-state index in [1.807, 2.05) is 45.0 Å². The quantitative estimate of drug-likeness (QED) is 0.785. The number of allylic oxidation sites excluding steroid dienone is 1. The molecule has 1 aliphatic heterocycles. The summed E-state index contributed by atoms with van der Waals surface area (Å²) in [6.45, 7) is 7.20. The number of hydrogen-bond donors (Lipinski definition) is 0. The monoisotopic (exact) mass is 297 g/mol. The summed E-state index contributed by atoms with van der Waals surface area (Å²) in [6, 6.07) is 7.85. The van der Waals surface area contributed by atoms with Gasteiger partial charge in [-0.3, -0.25) is 0 Å². The minimum absolute atomic E-state index is 0.200. The Balaban J connectivity index is 1.82. The lowest BCUT2D eigenvalue weighted by Gasteiger charge is -2.32. The van der Waals surface area contributed by atoms with Crippen molar-refractivity contribution >= 4 is 25.5 Å². The summed E-state index contributed by atoms with van der Waals surface area (Å²) in [5.74, 6) is 0.510. The molecule has 2 rings (SSSR count). The second-order valence-electron chi connectivity index (χ2n) is 6.83. The number of rotatable bonds is 2. The molecular weight excluding hydrogens is 273 g/mol. The molecule has 0 aliphatic carbocycles. The van der Waals surface area contributed by atoms with E-state index < -0.39 is 5.60 Å². The Hall–Kier alpha value is -1.71. The lowest BCUT2D eigenvalue weighted by atomic mass is 9.93. The number of likely N-dealkylation sites (tertiary alicyclic amines) is 1. The van der Waals surface area contributed by atoms with E-state index in [4.69, 9.17) is 12.6 Å². The molecule has 1 aliphatic rings. The van der Waals surface area contributed by atoms with Crippen molar-refractivity contribution in [3.8, 4) is 0 Å². The Morgan fingerprint density at radius 2 is 1.82 bits per heavy atom. The van der Waals surface area contributed by atoms with Crippen molar-refractivity contribution < 1.29 is 9.53 Å². The van der Waals surface area contributed by atoms with Crippen molar-refractivity contribution in [3.05, 3.63) is 35.9 Å². The molecule has 2 radical (unpaired) electrons. The molecule has 1 aromatic rings. The molecule has 0 bridgehead atoms. The van der Waals surface area contributed by atoms with Crippen LogP contribution in [0.25, 0.3) is 6.08 Å². The molecule has 4 heteroatoms. The zero-order valence-corrected chi connectivity index (χ0v) is 13.7. The highest BCUT2D eigenvalue weighted by molar-refractivity contribution is 6.32. The van der Waals surface area contributed by atoms with Crippen LogP contribution < -0.4 is 5.46 Å². The Bertz CT molecular complexity index is 523. The first kappa shape index (κ1) is 16.7. The highest BCUT2D eigenvalue weighted by Crippen LogP contribution is 2.21. The van der Waals surface area contributed by atoms with Gasteiger partial charge in [-0.25, -0.2) is 4.79 Å². The molecule has 0 aromatic heterocycles. The minimum Gasteiger partial charge on any atom is -0.444 e. The molecule has 1 heterocycles. The third-order valence-electron chi connectivity index (χ3n) is 3.69. The van der Waals surface area contributed by atoms with Crippen molar-refractivity contribution in [2.75, 3.05) is 13.1 Å². The van der Waals surface area contributed by atoms with E-state index in [1.165, 1.54) is 0 Å². The summed E-state index contributed by atoms with van der Waals surface area (Å²) in [6.07, 6.45) is 6.12. The number of carbonyl (C=O) groups excluding carboxylic acids is 1. The van der Waals surface area contributed by atoms with Gasteiger partial charge in [-0.15, -0.1) is 0 Å². The van der Waals surface area contributed by atoms with E-state index in [2.05, 4.69) is 12.2 Å². The van der Waals surface area contributed by atoms with Crippen molar-refractivity contribution in [1.29, 1.82) is 0 Å². The predicted molar refractivity (Wildman–Crippen MR) is 91.4 cm³/mol. The summed E-state index contributed by atoms with van der Waals surface area (Å²) in [7, 11) is 5.68. The summed E-state index contributed by atoms with van der Waals surface area (Å²) in [5, 5.41) is 0. The number of benzene rings is 1. The van der Waals surface area contributed by atoms with Gasteiger partial charge in [-0.2, -0.15) is 0 Å². The van der Waals surface area contributed by atoms with Gasteiger partial charge in [0.2, 0.25) is 0 Å². The largest absolute Gasteiger partial charge is 0.444 e. The standard InChI is InChI=1S/C18H24BNO2/c1-18(2,3)22-17(21)20-12-10-15(11-13-20)5-4-14-6-8-16(19)9-7-14/h4-9,15H,10-13H2,1-3H3/b5-4+. The van der Waals surface area contributed by atoms with Crippen LogP contribution in [0.2, 0.25) is 0 Å². The maximum absolute atomic E-state index is 12.0. The number of hydrogen-bond acceptors (Lipinski definition) is 2. The van der Waals surface area contributed by atoms with Gasteiger partial charge in [0.15, 0.2) is 0 Å². The first-order valence-electron chi connectivity index (χ1n) is 7.85. The summed E-state index contributed by atoms with van der Waals surface area (Å²) in [5.41, 5.74) is 1.51. The van der Waals surface area contributed by atoms with E-state index in [9.17, 15) is 4.79 Å². The maximum atomic E-state index is 12.0. The molecule has 0 saturated carbocycles. The van der Waals surface area contributed by atoms with E-state index in [1.54, 1.807) is 4.90 Å². The Morgan fingerprint density at radius 3 is 2.36 bits per heavy atom. The fourth-order valence-electron chi connectivity index (χ4n) is 2.46. The highest BCUT2D eigenvalue weighted by atomic mass is 16.6. The summed E-state index contributed by atoms with van der Waals surface area (Å²) >= 11 is 0. The second kappa shape index (κ2) is 7.04. The zero-order valence-electron chi connectivity index (χ0n) is 13.7. The van der Waals surface area contributed by atoms with Crippen molar-refractivity contribution in [1.82, 2.24) is 4.90 Å². The van der Waals surface area contributed by atoms with Crippen LogP contribution in [0.1, 0.15) is 39.2 Å². The molecule has 1 saturated heterocycles. The predicted octanol–water partition coefficient (Wildman–Crippen LogP) is 3.14. The highest BCUT2D eigenvalue weighted by Gasteiger charge is 2.25. The van der Waals surface area contributed by atoms with Crippen LogP contribution in [0.4, 0.5) is 4.79 Å². The van der Waals surface area contributed by atoms with Crippen molar-refractivity contribution in [2.24, 2.45) is 5.92 Å². The molecule has 3 nitrogen and oxygen atoms in total. The van der Waals surface area contributed by atoms with Gasteiger partial charge >= 0.3 is 6.09 Å². The van der Waals surface area contributed by atoms with Gasteiger partial charge in [-0.1, -0.05) is 41.9 Å². The number of amides is 1. The average Bonchev–Trinajstić information content (AvgIpc) is 2.45. The molecule has 0 atom stereocenters. The lowest BCUT2D eigenvalue weighted by molar-refractivity contribution is 0.0197. The van der Waals surface area contributed by atoms with Crippen LogP contribution in [-0.4, -0.2) is 37.5 Å². The van der Waals surface area contributed by atoms with Crippen LogP contribution in [0, 0.1) is 5.92 Å². The number of carbonyl (C=O) groups is 1. The smallest absolute Gasteiger partial charge is 0.410 e. The Morgan fingerprint density at radius 1 is 1.23 bits per heavy atom. The molecule has 1 aromatic carbocycles. The Labute approximate surface area is 134 Å². The molecule has 0 unspecified atom stereocenters. The van der Waals surface area contributed by atoms with Gasteiger partial charge in [0, 0.05) is 13.1 Å². The SMILES string of the molecule is [B]c1ccc(/C=C/C2CCN(C(=O)OC(C)(C)C)CC2)cc1. The molecule has 0 N–H and O–H groups in total. The summed E-state index contributed by atoms with van der Waals surface area (Å²) in [4.78, 5) is 13.8. The Kier molecular flexibility index (Phi) is 5.33. The molecule has 1 amide bonds. The fraction of sp³-hybridized carbons (Fsp3) is 0.500. The second-order valence-corrected chi connectivity index (χ2v) is 6.83. The lowest BCUT2D eigenvalue weighted by Crippen LogP contribution is -2.41. The number of piperidine rings is 1. The van der Waals surface area contributed by atoms with Crippen LogP contribution in [0.5, 0.6) is 0 Å². The van der Waals surface area contributed by atoms with Gasteiger partial charge < -0.3 is 9.64 Å². The van der Waals surface area contributed by atoms with Crippen LogP contribution in [-0.2, 0) is 4.74 Å². The maximum Gasteiger partial charge on any atom is 0.410 e. The van der Waals surface area contributed by atoms with E-state index in [-0.39, 0.29) is 6.09 Å².